The summed E-state index contributed by atoms with van der Waals surface area (Å²) >= 11 is 12.1. The molecule has 0 aliphatic carbocycles. The van der Waals surface area contributed by atoms with Gasteiger partial charge in [0.2, 0.25) is 0 Å². The normalized spacial score (nSPS) is 11.1. The van der Waals surface area contributed by atoms with Crippen molar-refractivity contribution in [2.24, 2.45) is 0 Å². The molecule has 0 saturated carbocycles. The van der Waals surface area contributed by atoms with Gasteiger partial charge in [-0.3, -0.25) is 9.78 Å². The van der Waals surface area contributed by atoms with E-state index in [9.17, 15) is 9.59 Å². The van der Waals surface area contributed by atoms with Crippen LogP contribution in [0.1, 0.15) is 30.9 Å². The maximum atomic E-state index is 12.5. The number of rotatable bonds is 2. The third-order valence-corrected chi connectivity index (χ3v) is 3.63. The van der Waals surface area contributed by atoms with Crippen molar-refractivity contribution in [2.75, 3.05) is 0 Å². The van der Waals surface area contributed by atoms with E-state index in [-0.39, 0.29) is 11.1 Å². The molecule has 20 heavy (non-hydrogen) atoms. The minimum atomic E-state index is -0.600. The van der Waals surface area contributed by atoms with Crippen LogP contribution in [-0.4, -0.2) is 9.55 Å². The molecule has 0 saturated heterocycles. The van der Waals surface area contributed by atoms with Crippen LogP contribution in [0.5, 0.6) is 0 Å². The van der Waals surface area contributed by atoms with E-state index in [1.807, 2.05) is 26.8 Å². The van der Waals surface area contributed by atoms with E-state index in [0.717, 1.165) is 10.1 Å². The minimum Gasteiger partial charge on any atom is -0.297 e. The molecule has 1 heterocycles. The van der Waals surface area contributed by atoms with E-state index < -0.39 is 11.2 Å². The van der Waals surface area contributed by atoms with Gasteiger partial charge in [-0.25, -0.2) is 9.36 Å². The van der Waals surface area contributed by atoms with E-state index in [1.54, 1.807) is 12.1 Å². The van der Waals surface area contributed by atoms with Crippen molar-refractivity contribution in [3.63, 3.8) is 0 Å². The molecule has 1 aromatic heterocycles. The first kappa shape index (κ1) is 14.9. The molecule has 106 valence electrons. The number of halogens is 2. The van der Waals surface area contributed by atoms with Gasteiger partial charge in [0.05, 0.1) is 16.3 Å². The van der Waals surface area contributed by atoms with Gasteiger partial charge in [-0.05, 0) is 30.5 Å². The smallest absolute Gasteiger partial charge is 0.297 e. The lowest BCUT2D eigenvalue weighted by molar-refractivity contribution is 0.777. The zero-order valence-electron chi connectivity index (χ0n) is 11.3. The Balaban J connectivity index is 2.88. The van der Waals surface area contributed by atoms with E-state index in [2.05, 4.69) is 4.98 Å². The maximum absolute atomic E-state index is 12.5. The predicted molar refractivity (Wildman–Crippen MR) is 81.5 cm³/mol. The van der Waals surface area contributed by atoms with E-state index in [1.165, 1.54) is 0 Å². The van der Waals surface area contributed by atoms with E-state index >= 15 is 0 Å². The largest absolute Gasteiger partial charge is 0.334 e. The Morgan fingerprint density at radius 1 is 1.20 bits per heavy atom. The van der Waals surface area contributed by atoms with Crippen molar-refractivity contribution < 1.29 is 0 Å². The number of hydrogen-bond donors (Lipinski definition) is 1. The Bertz CT molecular complexity index is 776. The molecule has 2 rings (SSSR count). The Labute approximate surface area is 126 Å². The van der Waals surface area contributed by atoms with Crippen LogP contribution in [-0.2, 0) is 0 Å². The van der Waals surface area contributed by atoms with Gasteiger partial charge >= 0.3 is 5.69 Å². The fraction of sp³-hybridized carbons (Fsp3) is 0.286. The Kier molecular flexibility index (Phi) is 4.06. The van der Waals surface area contributed by atoms with Crippen molar-refractivity contribution in [3.8, 4) is 5.69 Å². The zero-order valence-corrected chi connectivity index (χ0v) is 12.8. The SMILES string of the molecule is Cc1ccc(Cl)c(-n2c(=O)[nH]c(Cl)c(C(C)C)c2=O)c1. The highest BCUT2D eigenvalue weighted by molar-refractivity contribution is 6.32. The number of aromatic amines is 1. The summed E-state index contributed by atoms with van der Waals surface area (Å²) in [6, 6.07) is 5.16. The summed E-state index contributed by atoms with van der Waals surface area (Å²) in [7, 11) is 0. The second kappa shape index (κ2) is 5.46. The summed E-state index contributed by atoms with van der Waals surface area (Å²) in [6.07, 6.45) is 0. The maximum Gasteiger partial charge on any atom is 0.334 e. The fourth-order valence-corrected chi connectivity index (χ4v) is 2.62. The van der Waals surface area contributed by atoms with Crippen LogP contribution in [0.15, 0.2) is 27.8 Å². The molecule has 0 unspecified atom stereocenters. The number of hydrogen-bond acceptors (Lipinski definition) is 2. The number of H-pyrrole nitrogens is 1. The first-order chi connectivity index (χ1) is 9.32. The molecule has 2 aromatic rings. The molecule has 4 nitrogen and oxygen atoms in total. The lowest BCUT2D eigenvalue weighted by atomic mass is 10.1. The standard InChI is InChI=1S/C14H14Cl2N2O2/c1-7(2)11-12(16)17-14(20)18(13(11)19)10-6-8(3)4-5-9(10)15/h4-7H,1-3H3,(H,17,20). The monoisotopic (exact) mass is 312 g/mol. The Hall–Kier alpha value is -1.52. The van der Waals surface area contributed by atoms with Crippen LogP contribution in [0.3, 0.4) is 0 Å². The van der Waals surface area contributed by atoms with Gasteiger partial charge in [0.1, 0.15) is 5.15 Å². The predicted octanol–water partition coefficient (Wildman–Crippen LogP) is 3.26. The molecule has 0 aliphatic rings. The summed E-state index contributed by atoms with van der Waals surface area (Å²) in [4.78, 5) is 27.1. The quantitative estimate of drug-likeness (QED) is 0.865. The van der Waals surface area contributed by atoms with Crippen LogP contribution < -0.4 is 11.2 Å². The van der Waals surface area contributed by atoms with Crippen molar-refractivity contribution in [3.05, 3.63) is 60.3 Å². The Morgan fingerprint density at radius 3 is 2.45 bits per heavy atom. The van der Waals surface area contributed by atoms with Crippen molar-refractivity contribution >= 4 is 23.2 Å². The van der Waals surface area contributed by atoms with Crippen LogP contribution >= 0.6 is 23.2 Å². The Morgan fingerprint density at radius 2 is 1.85 bits per heavy atom. The summed E-state index contributed by atoms with van der Waals surface area (Å²) in [6.45, 7) is 5.53. The molecular formula is C14H14Cl2N2O2. The number of aryl methyl sites for hydroxylation is 1. The zero-order chi connectivity index (χ0) is 15.0. The lowest BCUT2D eigenvalue weighted by Gasteiger charge is -2.12. The van der Waals surface area contributed by atoms with Crippen LogP contribution in [0.2, 0.25) is 10.2 Å². The van der Waals surface area contributed by atoms with Gasteiger partial charge in [0.25, 0.3) is 5.56 Å². The second-order valence-corrected chi connectivity index (χ2v) is 5.69. The van der Waals surface area contributed by atoms with Gasteiger partial charge in [-0.2, -0.15) is 0 Å². The molecule has 0 spiro atoms. The van der Waals surface area contributed by atoms with Gasteiger partial charge in [-0.15, -0.1) is 0 Å². The van der Waals surface area contributed by atoms with E-state index in [0.29, 0.717) is 16.3 Å². The first-order valence-electron chi connectivity index (χ1n) is 6.14. The highest BCUT2D eigenvalue weighted by Gasteiger charge is 2.18. The van der Waals surface area contributed by atoms with E-state index in [4.69, 9.17) is 23.2 Å². The molecule has 0 amide bonds. The van der Waals surface area contributed by atoms with Gasteiger partial charge in [-0.1, -0.05) is 43.1 Å². The van der Waals surface area contributed by atoms with Crippen LogP contribution in [0, 0.1) is 6.92 Å². The molecule has 0 aliphatic heterocycles. The average Bonchev–Trinajstić information content (AvgIpc) is 2.32. The van der Waals surface area contributed by atoms with Crippen molar-refractivity contribution in [1.82, 2.24) is 9.55 Å². The van der Waals surface area contributed by atoms with Gasteiger partial charge < -0.3 is 0 Å². The van der Waals surface area contributed by atoms with Crippen molar-refractivity contribution in [1.29, 1.82) is 0 Å². The van der Waals surface area contributed by atoms with Gasteiger partial charge in [0, 0.05) is 0 Å². The second-order valence-electron chi connectivity index (χ2n) is 4.91. The summed E-state index contributed by atoms with van der Waals surface area (Å²) in [5, 5.41) is 0.412. The molecule has 1 aromatic carbocycles. The van der Waals surface area contributed by atoms with Crippen LogP contribution in [0.4, 0.5) is 0 Å². The first-order valence-corrected chi connectivity index (χ1v) is 6.89. The van der Waals surface area contributed by atoms with Crippen molar-refractivity contribution in [2.45, 2.75) is 26.7 Å². The van der Waals surface area contributed by atoms with Gasteiger partial charge in [0.15, 0.2) is 0 Å². The molecule has 6 heteroatoms. The minimum absolute atomic E-state index is 0.0787. The molecule has 0 atom stereocenters. The number of nitrogens with zero attached hydrogens (tertiary/aromatic N) is 1. The number of benzene rings is 1. The van der Waals surface area contributed by atoms with Crippen LogP contribution in [0.25, 0.3) is 5.69 Å². The summed E-state index contributed by atoms with van der Waals surface area (Å²) in [5.41, 5.74) is 0.579. The molecular weight excluding hydrogens is 299 g/mol. The molecule has 0 radical (unpaired) electrons. The number of nitrogens with one attached hydrogen (secondary N) is 1. The summed E-state index contributed by atoms with van der Waals surface area (Å²) < 4.78 is 1.02. The number of aromatic nitrogens is 2. The third-order valence-electron chi connectivity index (χ3n) is 3.01. The average molecular weight is 313 g/mol. The highest BCUT2D eigenvalue weighted by Crippen LogP contribution is 2.21. The lowest BCUT2D eigenvalue weighted by Crippen LogP contribution is -2.36. The molecule has 1 N–H and O–H groups in total. The fourth-order valence-electron chi connectivity index (χ4n) is 2.04. The highest BCUT2D eigenvalue weighted by atomic mass is 35.5. The third kappa shape index (κ3) is 2.53. The summed E-state index contributed by atoms with van der Waals surface area (Å²) in [5.74, 6) is -0.110. The molecule has 0 bridgehead atoms. The molecule has 0 fully saturated rings. The topological polar surface area (TPSA) is 54.9 Å².